The number of halogens is 1. The Morgan fingerprint density at radius 3 is 2.79 bits per heavy atom. The standard InChI is InChI=1S/C13H17ClN2O3/c14-12-9-10(1-2-11(12)13(17)18)15-3-4-16-5-7-19-8-6-16/h1-2,9,15H,3-8H2,(H,17,18). The third-order valence-corrected chi connectivity index (χ3v) is 3.37. The fraction of sp³-hybridized carbons (Fsp3) is 0.462. The van der Waals surface area contributed by atoms with Crippen molar-refractivity contribution in [3.8, 4) is 0 Å². The second-order valence-electron chi connectivity index (χ2n) is 4.38. The van der Waals surface area contributed by atoms with E-state index in [1.807, 2.05) is 0 Å². The maximum atomic E-state index is 10.8. The van der Waals surface area contributed by atoms with E-state index >= 15 is 0 Å². The molecule has 1 aromatic rings. The molecule has 1 aliphatic rings. The van der Waals surface area contributed by atoms with Crippen LogP contribution in [0.3, 0.4) is 0 Å². The molecule has 0 unspecified atom stereocenters. The van der Waals surface area contributed by atoms with Crippen molar-refractivity contribution in [2.75, 3.05) is 44.7 Å². The van der Waals surface area contributed by atoms with E-state index in [1.54, 1.807) is 12.1 Å². The van der Waals surface area contributed by atoms with Gasteiger partial charge < -0.3 is 15.2 Å². The summed E-state index contributed by atoms with van der Waals surface area (Å²) in [4.78, 5) is 13.2. The Labute approximate surface area is 117 Å². The average Bonchev–Trinajstić information content (AvgIpc) is 2.39. The second-order valence-corrected chi connectivity index (χ2v) is 4.79. The number of carboxylic acids is 1. The minimum Gasteiger partial charge on any atom is -0.478 e. The molecule has 0 aromatic heterocycles. The molecule has 19 heavy (non-hydrogen) atoms. The second kappa shape index (κ2) is 6.75. The molecule has 0 aliphatic carbocycles. The van der Waals surface area contributed by atoms with Gasteiger partial charge in [0.2, 0.25) is 0 Å². The van der Waals surface area contributed by atoms with Crippen LogP contribution in [-0.4, -0.2) is 55.4 Å². The normalized spacial score (nSPS) is 16.3. The van der Waals surface area contributed by atoms with Crippen LogP contribution in [0.5, 0.6) is 0 Å². The zero-order chi connectivity index (χ0) is 13.7. The summed E-state index contributed by atoms with van der Waals surface area (Å²) in [5.74, 6) is -1.01. The van der Waals surface area contributed by atoms with Crippen molar-refractivity contribution in [1.82, 2.24) is 4.90 Å². The number of ether oxygens (including phenoxy) is 1. The molecule has 5 nitrogen and oxygen atoms in total. The number of aromatic carboxylic acids is 1. The van der Waals surface area contributed by atoms with E-state index in [2.05, 4.69) is 10.2 Å². The molecule has 0 bridgehead atoms. The predicted octanol–water partition coefficient (Wildman–Crippen LogP) is 1.78. The first-order valence-corrected chi connectivity index (χ1v) is 6.61. The summed E-state index contributed by atoms with van der Waals surface area (Å²) in [6.45, 7) is 5.23. The molecule has 0 saturated carbocycles. The number of hydrogen-bond acceptors (Lipinski definition) is 4. The number of hydrogen-bond donors (Lipinski definition) is 2. The summed E-state index contributed by atoms with van der Waals surface area (Å²) in [5.41, 5.74) is 0.962. The van der Waals surface area contributed by atoms with Crippen molar-refractivity contribution in [3.63, 3.8) is 0 Å². The Kier molecular flexibility index (Phi) is 5.01. The number of anilines is 1. The van der Waals surface area contributed by atoms with Crippen LogP contribution >= 0.6 is 11.6 Å². The van der Waals surface area contributed by atoms with Gasteiger partial charge in [0.05, 0.1) is 23.8 Å². The van der Waals surface area contributed by atoms with Gasteiger partial charge in [-0.1, -0.05) is 11.6 Å². The Morgan fingerprint density at radius 1 is 1.42 bits per heavy atom. The van der Waals surface area contributed by atoms with E-state index in [1.165, 1.54) is 6.07 Å². The van der Waals surface area contributed by atoms with Crippen molar-refractivity contribution < 1.29 is 14.6 Å². The zero-order valence-corrected chi connectivity index (χ0v) is 11.3. The molecule has 1 aliphatic heterocycles. The lowest BCUT2D eigenvalue weighted by atomic mass is 10.2. The van der Waals surface area contributed by atoms with Crippen molar-refractivity contribution >= 4 is 23.3 Å². The Hall–Kier alpha value is -1.30. The summed E-state index contributed by atoms with van der Waals surface area (Å²) in [6.07, 6.45) is 0. The van der Waals surface area contributed by atoms with E-state index < -0.39 is 5.97 Å². The van der Waals surface area contributed by atoms with Crippen molar-refractivity contribution in [1.29, 1.82) is 0 Å². The number of rotatable bonds is 5. The van der Waals surface area contributed by atoms with Gasteiger partial charge >= 0.3 is 5.97 Å². The highest BCUT2D eigenvalue weighted by Crippen LogP contribution is 2.20. The van der Waals surface area contributed by atoms with Gasteiger partial charge in [0.25, 0.3) is 0 Å². The summed E-state index contributed by atoms with van der Waals surface area (Å²) in [7, 11) is 0. The molecule has 6 heteroatoms. The van der Waals surface area contributed by atoms with Crippen molar-refractivity contribution in [2.24, 2.45) is 0 Å². The maximum Gasteiger partial charge on any atom is 0.337 e. The number of carboxylic acid groups (broad SMARTS) is 1. The molecule has 0 radical (unpaired) electrons. The molecule has 0 atom stereocenters. The highest BCUT2D eigenvalue weighted by molar-refractivity contribution is 6.33. The quantitative estimate of drug-likeness (QED) is 0.863. The average molecular weight is 285 g/mol. The SMILES string of the molecule is O=C(O)c1ccc(NCCN2CCOCC2)cc1Cl. The van der Waals surface area contributed by atoms with Gasteiger partial charge in [-0.3, -0.25) is 4.90 Å². The van der Waals surface area contributed by atoms with Crippen LogP contribution in [-0.2, 0) is 4.74 Å². The lowest BCUT2D eigenvalue weighted by molar-refractivity contribution is 0.0398. The first kappa shape index (κ1) is 14.1. The van der Waals surface area contributed by atoms with E-state index in [0.29, 0.717) is 0 Å². The van der Waals surface area contributed by atoms with Crippen molar-refractivity contribution in [3.05, 3.63) is 28.8 Å². The van der Waals surface area contributed by atoms with Crippen LogP contribution in [0.25, 0.3) is 0 Å². The molecule has 1 saturated heterocycles. The molecule has 2 N–H and O–H groups in total. The number of carbonyl (C=O) groups is 1. The van der Waals surface area contributed by atoms with E-state index in [0.717, 1.165) is 45.1 Å². The molecule has 1 fully saturated rings. The minimum atomic E-state index is -1.01. The van der Waals surface area contributed by atoms with Gasteiger partial charge in [-0.2, -0.15) is 0 Å². The first-order chi connectivity index (χ1) is 9.16. The Balaban J connectivity index is 1.82. The fourth-order valence-electron chi connectivity index (χ4n) is 1.98. The summed E-state index contributed by atoms with van der Waals surface area (Å²) in [5, 5.41) is 12.4. The predicted molar refractivity (Wildman–Crippen MR) is 74.2 cm³/mol. The lowest BCUT2D eigenvalue weighted by Gasteiger charge is -2.26. The van der Waals surface area contributed by atoms with E-state index in [-0.39, 0.29) is 10.6 Å². The summed E-state index contributed by atoms with van der Waals surface area (Å²) >= 11 is 5.90. The van der Waals surface area contributed by atoms with Crippen LogP contribution in [0.4, 0.5) is 5.69 Å². The van der Waals surface area contributed by atoms with Crippen LogP contribution in [0.2, 0.25) is 5.02 Å². The minimum absolute atomic E-state index is 0.125. The first-order valence-electron chi connectivity index (χ1n) is 6.23. The molecule has 104 valence electrons. The van der Waals surface area contributed by atoms with Crippen LogP contribution in [0.15, 0.2) is 18.2 Å². The highest BCUT2D eigenvalue weighted by Gasteiger charge is 2.10. The third kappa shape index (κ3) is 4.09. The molecule has 0 amide bonds. The van der Waals surface area contributed by atoms with Gasteiger partial charge in [0.1, 0.15) is 0 Å². The largest absolute Gasteiger partial charge is 0.478 e. The smallest absolute Gasteiger partial charge is 0.337 e. The highest BCUT2D eigenvalue weighted by atomic mass is 35.5. The Morgan fingerprint density at radius 2 is 2.16 bits per heavy atom. The van der Waals surface area contributed by atoms with Gasteiger partial charge in [-0.25, -0.2) is 4.79 Å². The third-order valence-electron chi connectivity index (χ3n) is 3.06. The molecular weight excluding hydrogens is 268 g/mol. The fourth-order valence-corrected chi connectivity index (χ4v) is 2.24. The van der Waals surface area contributed by atoms with Crippen molar-refractivity contribution in [2.45, 2.75) is 0 Å². The summed E-state index contributed by atoms with van der Waals surface area (Å²) < 4.78 is 5.28. The van der Waals surface area contributed by atoms with E-state index in [9.17, 15) is 4.79 Å². The zero-order valence-electron chi connectivity index (χ0n) is 10.6. The molecule has 1 aromatic carbocycles. The van der Waals surface area contributed by atoms with Gasteiger partial charge in [-0.05, 0) is 18.2 Å². The number of nitrogens with one attached hydrogen (secondary N) is 1. The van der Waals surface area contributed by atoms with Gasteiger partial charge in [0, 0.05) is 31.9 Å². The lowest BCUT2D eigenvalue weighted by Crippen LogP contribution is -2.39. The monoisotopic (exact) mass is 284 g/mol. The maximum absolute atomic E-state index is 10.8. The number of morpholine rings is 1. The van der Waals surface area contributed by atoms with Crippen LogP contribution in [0.1, 0.15) is 10.4 Å². The van der Waals surface area contributed by atoms with Crippen LogP contribution < -0.4 is 5.32 Å². The number of nitrogens with zero attached hydrogens (tertiary/aromatic N) is 1. The Bertz CT molecular complexity index is 448. The molecular formula is C13H17ClN2O3. The topological polar surface area (TPSA) is 61.8 Å². The van der Waals surface area contributed by atoms with Gasteiger partial charge in [0.15, 0.2) is 0 Å². The number of benzene rings is 1. The molecule has 1 heterocycles. The molecule has 0 spiro atoms. The van der Waals surface area contributed by atoms with Crippen LogP contribution in [0, 0.1) is 0 Å². The van der Waals surface area contributed by atoms with Gasteiger partial charge in [-0.15, -0.1) is 0 Å². The van der Waals surface area contributed by atoms with E-state index in [4.69, 9.17) is 21.4 Å². The molecule has 2 rings (SSSR count). The summed E-state index contributed by atoms with van der Waals surface area (Å²) in [6, 6.07) is 4.89.